The quantitative estimate of drug-likeness (QED) is 0.792. The minimum absolute atomic E-state index is 0.105. The monoisotopic (exact) mass is 273 g/mol. The lowest BCUT2D eigenvalue weighted by molar-refractivity contribution is -0.00334. The molecular weight excluding hydrogens is 258 g/mol. The van der Waals surface area contributed by atoms with Gasteiger partial charge in [-0.1, -0.05) is 0 Å². The molecule has 6 heteroatoms. The largest absolute Gasteiger partial charge is 0.370 e. The topological polar surface area (TPSA) is 38.2 Å². The van der Waals surface area contributed by atoms with Crippen LogP contribution in [0.5, 0.6) is 0 Å². The smallest absolute Gasteiger partial charge is 0.205 e. The van der Waals surface area contributed by atoms with E-state index >= 15 is 0 Å². The van der Waals surface area contributed by atoms with Crippen LogP contribution in [0.15, 0.2) is 0 Å². The summed E-state index contributed by atoms with van der Waals surface area (Å²) >= 11 is 7.38. The van der Waals surface area contributed by atoms with Gasteiger partial charge in [0.1, 0.15) is 5.82 Å². The van der Waals surface area contributed by atoms with Crippen LogP contribution in [0.2, 0.25) is 0 Å². The molecule has 2 fully saturated rings. The maximum Gasteiger partial charge on any atom is 0.205 e. The average molecular weight is 274 g/mol. The van der Waals surface area contributed by atoms with Crippen LogP contribution in [0.3, 0.4) is 0 Å². The van der Waals surface area contributed by atoms with Crippen molar-refractivity contribution in [1.82, 2.24) is 9.36 Å². The van der Waals surface area contributed by atoms with E-state index in [-0.39, 0.29) is 12.2 Å². The van der Waals surface area contributed by atoms with Crippen molar-refractivity contribution in [2.45, 2.75) is 37.9 Å². The number of nitrogens with zero attached hydrogens (tertiary/aromatic N) is 3. The molecular formula is C11H16ClN3OS. The van der Waals surface area contributed by atoms with Crippen LogP contribution in [0.1, 0.15) is 31.5 Å². The second-order valence-electron chi connectivity index (χ2n) is 4.84. The van der Waals surface area contributed by atoms with Crippen LogP contribution >= 0.6 is 23.1 Å². The molecule has 2 atom stereocenters. The van der Waals surface area contributed by atoms with E-state index in [1.54, 1.807) is 0 Å². The summed E-state index contributed by atoms with van der Waals surface area (Å²) < 4.78 is 10.2. The zero-order valence-electron chi connectivity index (χ0n) is 9.80. The van der Waals surface area contributed by atoms with Crippen molar-refractivity contribution in [3.8, 4) is 0 Å². The predicted molar refractivity (Wildman–Crippen MR) is 69.2 cm³/mol. The summed E-state index contributed by atoms with van der Waals surface area (Å²) in [4.78, 5) is 6.89. The van der Waals surface area contributed by atoms with Crippen molar-refractivity contribution in [1.29, 1.82) is 0 Å². The minimum atomic E-state index is 0.105. The molecule has 0 radical (unpaired) electrons. The minimum Gasteiger partial charge on any atom is -0.370 e. The van der Waals surface area contributed by atoms with Crippen molar-refractivity contribution in [3.63, 3.8) is 0 Å². The van der Waals surface area contributed by atoms with Gasteiger partial charge < -0.3 is 9.64 Å². The van der Waals surface area contributed by atoms with E-state index in [4.69, 9.17) is 16.3 Å². The van der Waals surface area contributed by atoms with Crippen LogP contribution < -0.4 is 4.90 Å². The van der Waals surface area contributed by atoms with Gasteiger partial charge in [-0.3, -0.25) is 0 Å². The van der Waals surface area contributed by atoms with E-state index in [2.05, 4.69) is 21.2 Å². The van der Waals surface area contributed by atoms with Gasteiger partial charge in [0.15, 0.2) is 0 Å². The lowest BCUT2D eigenvalue weighted by Crippen LogP contribution is -2.47. The fraction of sp³-hybridized carbons (Fsp3) is 0.818. The highest BCUT2D eigenvalue weighted by Gasteiger charge is 2.31. The number of anilines is 1. The first-order valence-electron chi connectivity index (χ1n) is 6.06. The molecule has 1 saturated heterocycles. The summed E-state index contributed by atoms with van der Waals surface area (Å²) in [6.07, 6.45) is 2.81. The number of halogens is 1. The molecule has 94 valence electrons. The van der Waals surface area contributed by atoms with Gasteiger partial charge in [-0.15, -0.1) is 11.6 Å². The predicted octanol–water partition coefficient (Wildman–Crippen LogP) is 2.25. The molecule has 0 amide bonds. The summed E-state index contributed by atoms with van der Waals surface area (Å²) in [7, 11) is 0. The zero-order valence-corrected chi connectivity index (χ0v) is 11.4. The first kappa shape index (κ1) is 11.7. The highest BCUT2D eigenvalue weighted by Crippen LogP contribution is 2.39. The maximum atomic E-state index is 5.88. The molecule has 1 saturated carbocycles. The Hall–Kier alpha value is -0.390. The normalized spacial score (nSPS) is 29.6. The molecule has 0 aromatic carbocycles. The number of morpholine rings is 1. The number of alkyl halides is 1. The molecule has 0 spiro atoms. The third-order valence-electron chi connectivity index (χ3n) is 3.14. The number of hydrogen-bond donors (Lipinski definition) is 0. The van der Waals surface area contributed by atoms with Crippen molar-refractivity contribution >= 4 is 28.3 Å². The molecule has 4 nitrogen and oxygen atoms in total. The van der Waals surface area contributed by atoms with Gasteiger partial charge in [0.05, 0.1) is 18.1 Å². The summed E-state index contributed by atoms with van der Waals surface area (Å²) in [5.74, 6) is 2.20. The summed E-state index contributed by atoms with van der Waals surface area (Å²) in [5, 5.41) is 1.03. The zero-order chi connectivity index (χ0) is 11.8. The van der Waals surface area contributed by atoms with E-state index in [1.807, 2.05) is 0 Å². The molecule has 17 heavy (non-hydrogen) atoms. The third kappa shape index (κ3) is 2.56. The van der Waals surface area contributed by atoms with Gasteiger partial charge in [0.2, 0.25) is 5.13 Å². The second kappa shape index (κ2) is 4.71. The van der Waals surface area contributed by atoms with Crippen molar-refractivity contribution in [2.75, 3.05) is 23.9 Å². The Kier molecular flexibility index (Phi) is 3.23. The number of rotatable bonds is 3. The Labute approximate surface area is 110 Å². The van der Waals surface area contributed by atoms with Crippen LogP contribution in [-0.2, 0) is 4.74 Å². The first-order valence-corrected chi connectivity index (χ1v) is 7.37. The highest BCUT2D eigenvalue weighted by molar-refractivity contribution is 7.09. The summed E-state index contributed by atoms with van der Waals surface area (Å²) in [6.45, 7) is 3.79. The number of ether oxygens (including phenoxy) is 1. The van der Waals surface area contributed by atoms with Crippen LogP contribution in [0, 0.1) is 0 Å². The van der Waals surface area contributed by atoms with E-state index in [0.29, 0.717) is 11.8 Å². The van der Waals surface area contributed by atoms with E-state index < -0.39 is 0 Å². The summed E-state index contributed by atoms with van der Waals surface area (Å²) in [5.41, 5.74) is 0. The second-order valence-corrected chi connectivity index (χ2v) is 5.88. The molecule has 2 unspecified atom stereocenters. The van der Waals surface area contributed by atoms with Crippen LogP contribution in [-0.4, -0.2) is 40.5 Å². The average Bonchev–Trinajstić information content (AvgIpc) is 3.06. The van der Waals surface area contributed by atoms with Gasteiger partial charge in [-0.05, 0) is 19.8 Å². The standard InChI is InChI=1S/C11H16ClN3OS/c1-7-5-15(6-9(4-12)16-7)11-13-10(14-17-11)8-2-3-8/h7-9H,2-6H2,1H3. The Balaban J connectivity index is 1.72. The lowest BCUT2D eigenvalue weighted by atomic mass is 10.2. The van der Waals surface area contributed by atoms with Gasteiger partial charge in [-0.2, -0.15) is 4.37 Å². The van der Waals surface area contributed by atoms with E-state index in [0.717, 1.165) is 24.0 Å². The van der Waals surface area contributed by atoms with Gasteiger partial charge in [-0.25, -0.2) is 4.98 Å². The third-order valence-corrected chi connectivity index (χ3v) is 4.28. The molecule has 1 aliphatic carbocycles. The van der Waals surface area contributed by atoms with Crippen LogP contribution in [0.4, 0.5) is 5.13 Å². The van der Waals surface area contributed by atoms with E-state index in [9.17, 15) is 0 Å². The molecule has 0 bridgehead atoms. The van der Waals surface area contributed by atoms with Crippen LogP contribution in [0.25, 0.3) is 0 Å². The van der Waals surface area contributed by atoms with Crippen molar-refractivity contribution < 1.29 is 4.74 Å². The van der Waals surface area contributed by atoms with Crippen molar-refractivity contribution in [3.05, 3.63) is 5.82 Å². The fourth-order valence-corrected chi connectivity index (χ4v) is 3.08. The Morgan fingerprint density at radius 2 is 2.29 bits per heavy atom. The Morgan fingerprint density at radius 1 is 1.47 bits per heavy atom. The highest BCUT2D eigenvalue weighted by atomic mass is 35.5. The lowest BCUT2D eigenvalue weighted by Gasteiger charge is -2.35. The molecule has 2 heterocycles. The fourth-order valence-electron chi connectivity index (χ4n) is 2.15. The van der Waals surface area contributed by atoms with Gasteiger partial charge in [0.25, 0.3) is 0 Å². The molecule has 3 rings (SSSR count). The van der Waals surface area contributed by atoms with Gasteiger partial charge in [0, 0.05) is 30.5 Å². The summed E-state index contributed by atoms with van der Waals surface area (Å²) in [6, 6.07) is 0. The van der Waals surface area contributed by atoms with E-state index in [1.165, 1.54) is 24.4 Å². The first-order chi connectivity index (χ1) is 8.26. The number of hydrogen-bond acceptors (Lipinski definition) is 5. The van der Waals surface area contributed by atoms with Gasteiger partial charge >= 0.3 is 0 Å². The number of aromatic nitrogens is 2. The maximum absolute atomic E-state index is 5.88. The molecule has 1 aromatic rings. The Bertz CT molecular complexity index is 396. The van der Waals surface area contributed by atoms with Crippen molar-refractivity contribution in [2.24, 2.45) is 0 Å². The molecule has 1 aliphatic heterocycles. The Morgan fingerprint density at radius 3 is 3.00 bits per heavy atom. The molecule has 1 aromatic heterocycles. The SMILES string of the molecule is CC1CN(c2nc(C3CC3)ns2)CC(CCl)O1. The molecule has 0 N–H and O–H groups in total. The molecule has 2 aliphatic rings.